The van der Waals surface area contributed by atoms with Crippen molar-refractivity contribution >= 4 is 17.3 Å². The predicted octanol–water partition coefficient (Wildman–Crippen LogP) is 3.69. The molecule has 0 saturated carbocycles. The first-order valence-electron chi connectivity index (χ1n) is 9.38. The third-order valence-electron chi connectivity index (χ3n) is 4.86. The molecule has 0 unspecified atom stereocenters. The number of benzene rings is 1. The quantitative estimate of drug-likeness (QED) is 0.418. The number of carbonyl (C=O) groups is 1. The molecule has 1 aromatic heterocycles. The Hall–Kier alpha value is -2.97. The minimum Gasteiger partial charge on any atom is -0.452 e. The van der Waals surface area contributed by atoms with Gasteiger partial charge in [-0.3, -0.25) is 10.1 Å². The van der Waals surface area contributed by atoms with Gasteiger partial charge in [-0.25, -0.2) is 4.79 Å². The number of anilines is 1. The molecule has 1 aliphatic heterocycles. The molecular formula is C19H24N4O5. The van der Waals surface area contributed by atoms with Crippen LogP contribution < -0.4 is 4.90 Å². The monoisotopic (exact) mass is 388 g/mol. The second-order valence-corrected chi connectivity index (χ2v) is 7.41. The number of piperidine rings is 1. The molecule has 0 aliphatic carbocycles. The number of rotatable bonds is 6. The van der Waals surface area contributed by atoms with Crippen molar-refractivity contribution in [1.82, 2.24) is 10.1 Å². The van der Waals surface area contributed by atoms with Gasteiger partial charge in [-0.15, -0.1) is 0 Å². The third kappa shape index (κ3) is 4.47. The molecule has 0 radical (unpaired) electrons. The van der Waals surface area contributed by atoms with Crippen molar-refractivity contribution in [2.75, 3.05) is 18.0 Å². The Bertz CT molecular complexity index is 856. The molecule has 0 amide bonds. The maximum atomic E-state index is 12.3. The predicted molar refractivity (Wildman–Crippen MR) is 101 cm³/mol. The van der Waals surface area contributed by atoms with Crippen LogP contribution in [0.2, 0.25) is 0 Å². The number of nitro groups is 1. The van der Waals surface area contributed by atoms with E-state index < -0.39 is 10.9 Å². The Morgan fingerprint density at radius 2 is 2.11 bits per heavy atom. The van der Waals surface area contributed by atoms with Crippen LogP contribution in [0.1, 0.15) is 61.6 Å². The molecule has 0 N–H and O–H groups in total. The molecule has 150 valence electrons. The number of ether oxygens (including phenoxy) is 1. The van der Waals surface area contributed by atoms with Crippen LogP contribution in [0, 0.1) is 16.0 Å². The number of aromatic nitrogens is 2. The maximum Gasteiger partial charge on any atom is 0.338 e. The Morgan fingerprint density at radius 3 is 2.71 bits per heavy atom. The Morgan fingerprint density at radius 1 is 1.39 bits per heavy atom. The lowest BCUT2D eigenvalue weighted by Crippen LogP contribution is -2.33. The summed E-state index contributed by atoms with van der Waals surface area (Å²) in [6, 6.07) is 4.44. The summed E-state index contributed by atoms with van der Waals surface area (Å²) in [6.45, 7) is 7.37. The summed E-state index contributed by atoms with van der Waals surface area (Å²) in [7, 11) is 0. The highest BCUT2D eigenvalue weighted by Gasteiger charge is 2.25. The molecule has 9 heteroatoms. The van der Waals surface area contributed by atoms with E-state index in [2.05, 4.69) is 17.1 Å². The van der Waals surface area contributed by atoms with E-state index in [0.717, 1.165) is 25.9 Å². The van der Waals surface area contributed by atoms with Gasteiger partial charge in [0, 0.05) is 25.1 Å². The van der Waals surface area contributed by atoms with Crippen molar-refractivity contribution in [2.45, 2.75) is 46.1 Å². The van der Waals surface area contributed by atoms with Crippen molar-refractivity contribution in [3.05, 3.63) is 45.6 Å². The highest BCUT2D eigenvalue weighted by atomic mass is 16.6. The van der Waals surface area contributed by atoms with E-state index in [1.54, 1.807) is 12.1 Å². The average Bonchev–Trinajstić information content (AvgIpc) is 3.15. The summed E-state index contributed by atoms with van der Waals surface area (Å²) < 4.78 is 10.2. The molecule has 0 atom stereocenters. The zero-order valence-corrected chi connectivity index (χ0v) is 16.3. The number of nitrogens with zero attached hydrogens (tertiary/aromatic N) is 4. The van der Waals surface area contributed by atoms with Crippen LogP contribution in [-0.2, 0) is 11.3 Å². The first-order chi connectivity index (χ1) is 13.3. The molecule has 9 nitrogen and oxygen atoms in total. The zero-order chi connectivity index (χ0) is 20.3. The number of nitro benzene ring substituents is 1. The molecule has 1 aliphatic rings. The van der Waals surface area contributed by atoms with E-state index in [1.165, 1.54) is 6.07 Å². The molecular weight excluding hydrogens is 364 g/mol. The Balaban J connectivity index is 1.71. The highest BCUT2D eigenvalue weighted by molar-refractivity contribution is 5.91. The minimum absolute atomic E-state index is 0.0936. The molecule has 0 bridgehead atoms. The Labute approximate surface area is 162 Å². The van der Waals surface area contributed by atoms with Gasteiger partial charge in [-0.05, 0) is 30.9 Å². The van der Waals surface area contributed by atoms with Crippen LogP contribution >= 0.6 is 0 Å². The van der Waals surface area contributed by atoms with Crippen molar-refractivity contribution in [2.24, 2.45) is 5.92 Å². The van der Waals surface area contributed by atoms with E-state index in [9.17, 15) is 14.9 Å². The lowest BCUT2D eigenvalue weighted by Gasteiger charge is -2.31. The van der Waals surface area contributed by atoms with Crippen LogP contribution in [0.5, 0.6) is 0 Å². The molecule has 1 fully saturated rings. The minimum atomic E-state index is -0.675. The van der Waals surface area contributed by atoms with E-state index >= 15 is 0 Å². The fourth-order valence-corrected chi connectivity index (χ4v) is 3.09. The van der Waals surface area contributed by atoms with E-state index in [1.807, 2.05) is 18.7 Å². The number of carbonyl (C=O) groups excluding carboxylic acids is 1. The van der Waals surface area contributed by atoms with Gasteiger partial charge in [0.15, 0.2) is 12.4 Å². The van der Waals surface area contributed by atoms with Gasteiger partial charge in [-0.2, -0.15) is 4.98 Å². The van der Waals surface area contributed by atoms with Gasteiger partial charge in [0.2, 0.25) is 0 Å². The van der Waals surface area contributed by atoms with Crippen molar-refractivity contribution in [3.8, 4) is 0 Å². The second kappa shape index (κ2) is 8.37. The molecule has 3 rings (SSSR count). The third-order valence-corrected chi connectivity index (χ3v) is 4.86. The van der Waals surface area contributed by atoms with Crippen LogP contribution in [0.3, 0.4) is 0 Å². The summed E-state index contributed by atoms with van der Waals surface area (Å²) in [5.41, 5.74) is 0.556. The maximum absolute atomic E-state index is 12.3. The molecule has 1 aromatic carbocycles. The number of esters is 1. The van der Waals surface area contributed by atoms with Gasteiger partial charge in [0.25, 0.3) is 11.6 Å². The molecule has 2 aromatic rings. The van der Waals surface area contributed by atoms with Gasteiger partial charge >= 0.3 is 5.97 Å². The van der Waals surface area contributed by atoms with Gasteiger partial charge < -0.3 is 14.2 Å². The van der Waals surface area contributed by atoms with Gasteiger partial charge in [0.1, 0.15) is 5.69 Å². The van der Waals surface area contributed by atoms with E-state index in [-0.39, 0.29) is 29.7 Å². The lowest BCUT2D eigenvalue weighted by atomic mass is 9.98. The molecule has 28 heavy (non-hydrogen) atoms. The fraction of sp³-hybridized carbons (Fsp3) is 0.526. The smallest absolute Gasteiger partial charge is 0.338 e. The van der Waals surface area contributed by atoms with Crippen LogP contribution in [0.25, 0.3) is 0 Å². The van der Waals surface area contributed by atoms with Crippen molar-refractivity contribution < 1.29 is 19.0 Å². The van der Waals surface area contributed by atoms with E-state index in [4.69, 9.17) is 9.26 Å². The number of hydrogen-bond acceptors (Lipinski definition) is 8. The zero-order valence-electron chi connectivity index (χ0n) is 16.3. The summed E-state index contributed by atoms with van der Waals surface area (Å²) in [5, 5.41) is 15.3. The second-order valence-electron chi connectivity index (χ2n) is 7.41. The first-order valence-corrected chi connectivity index (χ1v) is 9.38. The average molecular weight is 388 g/mol. The van der Waals surface area contributed by atoms with Crippen LogP contribution in [0.4, 0.5) is 11.4 Å². The standard InChI is InChI=1S/C19H24N4O5/c1-12(2)18-20-17(28-21-18)11-27-19(24)14-4-5-15(16(10-14)23(25)26)22-8-6-13(3)7-9-22/h4-5,10,12-13H,6-9,11H2,1-3H3. The van der Waals surface area contributed by atoms with Crippen LogP contribution in [-0.4, -0.2) is 34.1 Å². The van der Waals surface area contributed by atoms with E-state index in [0.29, 0.717) is 17.4 Å². The topological polar surface area (TPSA) is 112 Å². The van der Waals surface area contributed by atoms with Crippen LogP contribution in [0.15, 0.2) is 22.7 Å². The lowest BCUT2D eigenvalue weighted by molar-refractivity contribution is -0.384. The number of hydrogen-bond donors (Lipinski definition) is 0. The largest absolute Gasteiger partial charge is 0.452 e. The van der Waals surface area contributed by atoms with Crippen molar-refractivity contribution in [1.29, 1.82) is 0 Å². The molecule has 1 saturated heterocycles. The normalized spacial score (nSPS) is 15.1. The van der Waals surface area contributed by atoms with Crippen molar-refractivity contribution in [3.63, 3.8) is 0 Å². The first kappa shape index (κ1) is 19.8. The summed E-state index contributed by atoms with van der Waals surface area (Å²) in [5.74, 6) is 0.755. The Kier molecular flexibility index (Phi) is 5.91. The fourth-order valence-electron chi connectivity index (χ4n) is 3.09. The summed E-state index contributed by atoms with van der Waals surface area (Å²) in [6.07, 6.45) is 1.98. The molecule has 2 heterocycles. The summed E-state index contributed by atoms with van der Waals surface area (Å²) >= 11 is 0. The SMILES string of the molecule is CC1CCN(c2ccc(C(=O)OCc3nc(C(C)C)no3)cc2[N+](=O)[O-])CC1. The molecule has 0 spiro atoms. The van der Waals surface area contributed by atoms with Gasteiger partial charge in [0.05, 0.1) is 10.5 Å². The summed E-state index contributed by atoms with van der Waals surface area (Å²) in [4.78, 5) is 29.5. The van der Waals surface area contributed by atoms with Gasteiger partial charge in [-0.1, -0.05) is 25.9 Å². The highest BCUT2D eigenvalue weighted by Crippen LogP contribution is 2.32.